The molecule has 0 fully saturated rings. The average molecular weight is 366 g/mol. The molecule has 0 aliphatic carbocycles. The van der Waals surface area contributed by atoms with Crippen molar-refractivity contribution in [2.75, 3.05) is 12.4 Å². The van der Waals surface area contributed by atoms with Gasteiger partial charge in [-0.05, 0) is 48.9 Å². The van der Waals surface area contributed by atoms with E-state index < -0.39 is 0 Å². The van der Waals surface area contributed by atoms with Crippen LogP contribution in [0.2, 0.25) is 10.0 Å². The molecule has 24 heavy (non-hydrogen) atoms. The van der Waals surface area contributed by atoms with E-state index in [1.165, 1.54) is 0 Å². The van der Waals surface area contributed by atoms with E-state index in [9.17, 15) is 9.59 Å². The predicted molar refractivity (Wildman–Crippen MR) is 96.3 cm³/mol. The van der Waals surface area contributed by atoms with Crippen LogP contribution in [0, 0.1) is 0 Å². The minimum absolute atomic E-state index is 0.00811. The third-order valence-corrected chi connectivity index (χ3v) is 3.99. The van der Waals surface area contributed by atoms with E-state index >= 15 is 0 Å². The second-order valence-electron chi connectivity index (χ2n) is 5.18. The molecule has 0 saturated carbocycles. The SMILES string of the molecule is COc1ccc(C(=O)CCCC(=O)Nc2cc(Cl)ccc2Cl)cc1. The van der Waals surface area contributed by atoms with Gasteiger partial charge in [-0.25, -0.2) is 0 Å². The number of halogens is 2. The van der Waals surface area contributed by atoms with Gasteiger partial charge < -0.3 is 10.1 Å². The first kappa shape index (κ1) is 18.3. The van der Waals surface area contributed by atoms with Crippen LogP contribution in [0.1, 0.15) is 29.6 Å². The van der Waals surface area contributed by atoms with Gasteiger partial charge in [-0.2, -0.15) is 0 Å². The second kappa shape index (κ2) is 8.71. The molecular weight excluding hydrogens is 349 g/mol. The summed E-state index contributed by atoms with van der Waals surface area (Å²) in [6.07, 6.45) is 0.975. The maximum absolute atomic E-state index is 12.1. The molecule has 6 heteroatoms. The summed E-state index contributed by atoms with van der Waals surface area (Å²) in [4.78, 5) is 24.0. The summed E-state index contributed by atoms with van der Waals surface area (Å²) in [7, 11) is 1.57. The van der Waals surface area contributed by atoms with Crippen LogP contribution >= 0.6 is 23.2 Å². The number of methoxy groups -OCH3 is 1. The average Bonchev–Trinajstić information content (AvgIpc) is 2.58. The first-order valence-corrected chi connectivity index (χ1v) is 8.17. The first-order valence-electron chi connectivity index (χ1n) is 7.42. The molecule has 0 aliphatic heterocycles. The number of carbonyl (C=O) groups is 2. The summed E-state index contributed by atoms with van der Waals surface area (Å²) in [6.45, 7) is 0. The van der Waals surface area contributed by atoms with E-state index in [-0.39, 0.29) is 18.1 Å². The minimum atomic E-state index is -0.207. The molecular formula is C18H17Cl2NO3. The standard InChI is InChI=1S/C18H17Cl2NO3/c1-24-14-8-5-12(6-9-14)17(22)3-2-4-18(23)21-16-11-13(19)7-10-15(16)20/h5-11H,2-4H2,1H3,(H,21,23). The van der Waals surface area contributed by atoms with E-state index in [0.29, 0.717) is 39.9 Å². The smallest absolute Gasteiger partial charge is 0.224 e. The highest BCUT2D eigenvalue weighted by Crippen LogP contribution is 2.25. The highest BCUT2D eigenvalue weighted by molar-refractivity contribution is 6.35. The molecule has 1 amide bonds. The van der Waals surface area contributed by atoms with Crippen molar-refractivity contribution >= 4 is 40.6 Å². The summed E-state index contributed by atoms with van der Waals surface area (Å²) in [5.41, 5.74) is 1.07. The number of ether oxygens (including phenoxy) is 1. The number of hydrogen-bond acceptors (Lipinski definition) is 3. The molecule has 0 atom stereocenters. The molecule has 0 bridgehead atoms. The highest BCUT2D eigenvalue weighted by Gasteiger charge is 2.10. The molecule has 2 aromatic rings. The van der Waals surface area contributed by atoms with Crippen LogP contribution < -0.4 is 10.1 Å². The van der Waals surface area contributed by atoms with Crippen molar-refractivity contribution in [1.82, 2.24) is 0 Å². The lowest BCUT2D eigenvalue weighted by atomic mass is 10.1. The molecule has 2 rings (SSSR count). The summed E-state index contributed by atoms with van der Waals surface area (Å²) >= 11 is 11.9. The fraction of sp³-hybridized carbons (Fsp3) is 0.222. The van der Waals surface area contributed by atoms with Gasteiger partial charge >= 0.3 is 0 Å². The quantitative estimate of drug-likeness (QED) is 0.702. The predicted octanol–water partition coefficient (Wildman–Crippen LogP) is 4.99. The van der Waals surface area contributed by atoms with E-state index in [0.717, 1.165) is 0 Å². The van der Waals surface area contributed by atoms with Crippen molar-refractivity contribution < 1.29 is 14.3 Å². The van der Waals surface area contributed by atoms with Gasteiger partial charge in [0, 0.05) is 23.4 Å². The number of hydrogen-bond donors (Lipinski definition) is 1. The lowest BCUT2D eigenvalue weighted by Gasteiger charge is -2.07. The van der Waals surface area contributed by atoms with Crippen molar-refractivity contribution in [2.45, 2.75) is 19.3 Å². The molecule has 0 radical (unpaired) electrons. The number of benzene rings is 2. The highest BCUT2D eigenvalue weighted by atomic mass is 35.5. The van der Waals surface area contributed by atoms with Gasteiger partial charge in [0.15, 0.2) is 5.78 Å². The Labute approximate surface area is 150 Å². The monoisotopic (exact) mass is 365 g/mol. The Morgan fingerprint density at radius 3 is 2.42 bits per heavy atom. The fourth-order valence-corrected chi connectivity index (χ4v) is 2.47. The Hall–Kier alpha value is -2.04. The molecule has 4 nitrogen and oxygen atoms in total. The zero-order valence-electron chi connectivity index (χ0n) is 13.1. The lowest BCUT2D eigenvalue weighted by Crippen LogP contribution is -2.12. The Balaban J connectivity index is 1.81. The van der Waals surface area contributed by atoms with Crippen LogP contribution in [0.4, 0.5) is 5.69 Å². The number of anilines is 1. The van der Waals surface area contributed by atoms with Crippen molar-refractivity contribution in [3.63, 3.8) is 0 Å². The third kappa shape index (κ3) is 5.25. The Kier molecular flexibility index (Phi) is 6.64. The van der Waals surface area contributed by atoms with Crippen molar-refractivity contribution in [1.29, 1.82) is 0 Å². The van der Waals surface area contributed by atoms with Gasteiger partial charge in [-0.1, -0.05) is 23.2 Å². The van der Waals surface area contributed by atoms with E-state index in [2.05, 4.69) is 5.32 Å². The Bertz CT molecular complexity index is 730. The maximum Gasteiger partial charge on any atom is 0.224 e. The lowest BCUT2D eigenvalue weighted by molar-refractivity contribution is -0.116. The number of nitrogens with one attached hydrogen (secondary N) is 1. The molecule has 0 aliphatic rings. The van der Waals surface area contributed by atoms with Gasteiger partial charge in [-0.15, -0.1) is 0 Å². The molecule has 0 spiro atoms. The van der Waals surface area contributed by atoms with Gasteiger partial charge in [-0.3, -0.25) is 9.59 Å². The van der Waals surface area contributed by atoms with Crippen LogP contribution in [0.15, 0.2) is 42.5 Å². The number of ketones is 1. The molecule has 0 unspecified atom stereocenters. The Morgan fingerprint density at radius 2 is 1.75 bits per heavy atom. The molecule has 2 aromatic carbocycles. The van der Waals surface area contributed by atoms with Crippen LogP contribution in [0.3, 0.4) is 0 Å². The van der Waals surface area contributed by atoms with Crippen LogP contribution in [0.5, 0.6) is 5.75 Å². The number of carbonyl (C=O) groups excluding carboxylic acids is 2. The van der Waals surface area contributed by atoms with Crippen molar-refractivity contribution in [3.8, 4) is 5.75 Å². The van der Waals surface area contributed by atoms with Gasteiger partial charge in [0.2, 0.25) is 5.91 Å². The topological polar surface area (TPSA) is 55.4 Å². The minimum Gasteiger partial charge on any atom is -0.497 e. The zero-order chi connectivity index (χ0) is 17.5. The fourth-order valence-electron chi connectivity index (χ4n) is 2.14. The number of Topliss-reactive ketones (excluding diaryl/α,β-unsaturated/α-hetero) is 1. The van der Waals surface area contributed by atoms with Crippen molar-refractivity contribution in [3.05, 3.63) is 58.1 Å². The second-order valence-corrected chi connectivity index (χ2v) is 6.02. The van der Waals surface area contributed by atoms with Gasteiger partial charge in [0.25, 0.3) is 0 Å². The van der Waals surface area contributed by atoms with Crippen molar-refractivity contribution in [2.24, 2.45) is 0 Å². The number of amides is 1. The third-order valence-electron chi connectivity index (χ3n) is 3.42. The normalized spacial score (nSPS) is 10.3. The first-order chi connectivity index (χ1) is 11.5. The van der Waals surface area contributed by atoms with Gasteiger partial charge in [0.05, 0.1) is 17.8 Å². The molecule has 0 aromatic heterocycles. The molecule has 0 heterocycles. The molecule has 0 saturated heterocycles. The van der Waals surface area contributed by atoms with Crippen LogP contribution in [-0.2, 0) is 4.79 Å². The van der Waals surface area contributed by atoms with Crippen LogP contribution in [0.25, 0.3) is 0 Å². The van der Waals surface area contributed by atoms with Gasteiger partial charge in [0.1, 0.15) is 5.75 Å². The van der Waals surface area contributed by atoms with E-state index in [4.69, 9.17) is 27.9 Å². The summed E-state index contributed by atoms with van der Waals surface area (Å²) in [5, 5.41) is 3.61. The molecule has 1 N–H and O–H groups in total. The maximum atomic E-state index is 12.1. The van der Waals surface area contributed by atoms with Crippen LogP contribution in [-0.4, -0.2) is 18.8 Å². The zero-order valence-corrected chi connectivity index (χ0v) is 14.7. The number of rotatable bonds is 7. The summed E-state index contributed by atoms with van der Waals surface area (Å²) in [6, 6.07) is 11.8. The van der Waals surface area contributed by atoms with E-state index in [1.807, 2.05) is 0 Å². The van der Waals surface area contributed by atoms with E-state index in [1.54, 1.807) is 49.6 Å². The Morgan fingerprint density at radius 1 is 1.04 bits per heavy atom. The molecule has 126 valence electrons. The summed E-state index contributed by atoms with van der Waals surface area (Å²) in [5.74, 6) is 0.484. The summed E-state index contributed by atoms with van der Waals surface area (Å²) < 4.78 is 5.05. The largest absolute Gasteiger partial charge is 0.497 e.